The Bertz CT molecular complexity index is 952. The number of benzene rings is 2. The number of carbonyl (C=O) groups excluding carboxylic acids is 1. The minimum atomic E-state index is -0.599. The molecule has 0 radical (unpaired) electrons. The second-order valence-corrected chi connectivity index (χ2v) is 7.69. The fraction of sp³-hybridized carbons (Fsp3) is 0.273. The lowest BCUT2D eigenvalue weighted by Crippen LogP contribution is -2.23. The molecule has 3 aromatic rings. The van der Waals surface area contributed by atoms with Crippen molar-refractivity contribution in [2.75, 3.05) is 7.11 Å². The molecule has 146 valence electrons. The molecule has 0 aliphatic carbocycles. The summed E-state index contributed by atoms with van der Waals surface area (Å²) in [5.41, 5.74) is 5.82. The van der Waals surface area contributed by atoms with Crippen molar-refractivity contribution >= 4 is 5.91 Å². The van der Waals surface area contributed by atoms with Gasteiger partial charge in [0.2, 0.25) is 0 Å². The van der Waals surface area contributed by atoms with Crippen LogP contribution in [0.3, 0.4) is 0 Å². The predicted molar refractivity (Wildman–Crippen MR) is 108 cm³/mol. The molecule has 1 heterocycles. The summed E-state index contributed by atoms with van der Waals surface area (Å²) in [6.45, 7) is 6.92. The van der Waals surface area contributed by atoms with Crippen LogP contribution in [0.5, 0.6) is 5.75 Å². The van der Waals surface area contributed by atoms with Gasteiger partial charge in [-0.25, -0.2) is 5.48 Å². The van der Waals surface area contributed by atoms with E-state index >= 15 is 0 Å². The third-order valence-electron chi connectivity index (χ3n) is 4.65. The summed E-state index contributed by atoms with van der Waals surface area (Å²) in [6, 6.07) is 17.4. The summed E-state index contributed by atoms with van der Waals surface area (Å²) in [7, 11) is 1.61. The highest BCUT2D eigenvalue weighted by molar-refractivity contribution is 5.92. The predicted octanol–water partition coefficient (Wildman–Crippen LogP) is 4.02. The van der Waals surface area contributed by atoms with Gasteiger partial charge in [-0.05, 0) is 46.9 Å². The van der Waals surface area contributed by atoms with Gasteiger partial charge >= 0.3 is 0 Å². The van der Waals surface area contributed by atoms with Gasteiger partial charge in [0.05, 0.1) is 19.3 Å². The lowest BCUT2D eigenvalue weighted by atomic mass is 9.87. The Kier molecular flexibility index (Phi) is 5.51. The molecule has 0 unspecified atom stereocenters. The molecule has 6 nitrogen and oxygen atoms in total. The summed E-state index contributed by atoms with van der Waals surface area (Å²) in [4.78, 5) is 12.1. The zero-order valence-corrected chi connectivity index (χ0v) is 16.6. The van der Waals surface area contributed by atoms with Crippen LogP contribution in [0.1, 0.15) is 42.4 Å². The maximum atomic E-state index is 12.1. The first-order valence-electron chi connectivity index (χ1n) is 9.08. The summed E-state index contributed by atoms with van der Waals surface area (Å²) in [5, 5.41) is 13.7. The fourth-order valence-corrected chi connectivity index (χ4v) is 2.96. The second-order valence-electron chi connectivity index (χ2n) is 7.69. The van der Waals surface area contributed by atoms with Crippen LogP contribution in [-0.2, 0) is 12.0 Å². The molecule has 0 bridgehead atoms. The zero-order chi connectivity index (χ0) is 20.3. The summed E-state index contributed by atoms with van der Waals surface area (Å²) in [5.74, 6) is 0.147. The van der Waals surface area contributed by atoms with Crippen LogP contribution in [0, 0.1) is 0 Å². The Morgan fingerprint density at radius 2 is 1.75 bits per heavy atom. The zero-order valence-electron chi connectivity index (χ0n) is 16.6. The van der Waals surface area contributed by atoms with Crippen molar-refractivity contribution in [1.82, 2.24) is 15.3 Å². The van der Waals surface area contributed by atoms with E-state index < -0.39 is 5.91 Å². The molecular formula is C22H25N3O3. The first kappa shape index (κ1) is 19.6. The molecule has 2 N–H and O–H groups in total. The molecule has 1 aromatic heterocycles. The van der Waals surface area contributed by atoms with Gasteiger partial charge < -0.3 is 4.74 Å². The minimum Gasteiger partial charge on any atom is -0.497 e. The van der Waals surface area contributed by atoms with Gasteiger partial charge in [-0.2, -0.15) is 5.10 Å². The number of amides is 1. The van der Waals surface area contributed by atoms with E-state index in [-0.39, 0.29) is 11.1 Å². The van der Waals surface area contributed by atoms with Crippen LogP contribution in [-0.4, -0.2) is 28.0 Å². The van der Waals surface area contributed by atoms with E-state index in [0.29, 0.717) is 12.2 Å². The first-order chi connectivity index (χ1) is 13.3. The largest absolute Gasteiger partial charge is 0.497 e. The molecule has 0 atom stereocenters. The van der Waals surface area contributed by atoms with E-state index in [0.717, 1.165) is 16.9 Å². The van der Waals surface area contributed by atoms with Crippen LogP contribution in [0.2, 0.25) is 0 Å². The quantitative estimate of drug-likeness (QED) is 0.518. The number of hydrogen-bond acceptors (Lipinski definition) is 4. The number of nitrogens with zero attached hydrogens (tertiary/aromatic N) is 2. The average molecular weight is 379 g/mol. The molecule has 0 saturated carbocycles. The maximum absolute atomic E-state index is 12.1. The highest BCUT2D eigenvalue weighted by Crippen LogP contribution is 2.24. The maximum Gasteiger partial charge on any atom is 0.292 e. The number of nitrogens with one attached hydrogen (secondary N) is 1. The second kappa shape index (κ2) is 7.86. The Balaban J connectivity index is 1.92. The number of rotatable bonds is 5. The van der Waals surface area contributed by atoms with Crippen LogP contribution in [0.4, 0.5) is 0 Å². The van der Waals surface area contributed by atoms with Crippen molar-refractivity contribution in [1.29, 1.82) is 0 Å². The lowest BCUT2D eigenvalue weighted by Gasteiger charge is -2.19. The molecule has 3 rings (SSSR count). The molecule has 1 amide bonds. The monoisotopic (exact) mass is 379 g/mol. The SMILES string of the molecule is COc1ccc(-c2cc(C(=O)NO)n(Cc3ccc(C(C)(C)C)cc3)n2)cc1. The third kappa shape index (κ3) is 4.23. The molecule has 0 aliphatic heterocycles. The average Bonchev–Trinajstić information content (AvgIpc) is 3.11. The third-order valence-corrected chi connectivity index (χ3v) is 4.65. The molecule has 28 heavy (non-hydrogen) atoms. The highest BCUT2D eigenvalue weighted by atomic mass is 16.5. The van der Waals surface area contributed by atoms with E-state index in [4.69, 9.17) is 9.94 Å². The number of aromatic nitrogens is 2. The van der Waals surface area contributed by atoms with Crippen LogP contribution >= 0.6 is 0 Å². The molecular weight excluding hydrogens is 354 g/mol. The van der Waals surface area contributed by atoms with Crippen LogP contribution in [0.15, 0.2) is 54.6 Å². The van der Waals surface area contributed by atoms with Gasteiger partial charge in [-0.1, -0.05) is 45.0 Å². The molecule has 0 fully saturated rings. The van der Waals surface area contributed by atoms with E-state index in [1.807, 2.05) is 36.4 Å². The van der Waals surface area contributed by atoms with Gasteiger partial charge in [0.25, 0.3) is 5.91 Å². The normalized spacial score (nSPS) is 11.3. The Morgan fingerprint density at radius 3 is 2.29 bits per heavy atom. The number of ether oxygens (including phenoxy) is 1. The smallest absolute Gasteiger partial charge is 0.292 e. The standard InChI is InChI=1S/C22H25N3O3/c1-22(2,3)17-9-5-15(6-10-17)14-25-20(21(26)24-27)13-19(23-25)16-7-11-18(28-4)12-8-16/h5-13,27H,14H2,1-4H3,(H,24,26). The molecule has 0 spiro atoms. The highest BCUT2D eigenvalue weighted by Gasteiger charge is 2.17. The van der Waals surface area contributed by atoms with Crippen LogP contribution in [0.25, 0.3) is 11.3 Å². The van der Waals surface area contributed by atoms with Gasteiger partial charge in [-0.15, -0.1) is 0 Å². The van der Waals surface area contributed by atoms with Crippen molar-refractivity contribution in [3.63, 3.8) is 0 Å². The molecule has 6 heteroatoms. The van der Waals surface area contributed by atoms with Gasteiger partial charge in [-0.3, -0.25) is 14.7 Å². The van der Waals surface area contributed by atoms with Crippen molar-refractivity contribution < 1.29 is 14.7 Å². The van der Waals surface area contributed by atoms with E-state index in [9.17, 15) is 4.79 Å². The van der Waals surface area contributed by atoms with Crippen molar-refractivity contribution in [3.05, 3.63) is 71.4 Å². The van der Waals surface area contributed by atoms with E-state index in [1.165, 1.54) is 5.56 Å². The van der Waals surface area contributed by atoms with Gasteiger partial charge in [0.15, 0.2) is 0 Å². The Labute approximate surface area is 164 Å². The summed E-state index contributed by atoms with van der Waals surface area (Å²) in [6.07, 6.45) is 0. The number of carbonyl (C=O) groups is 1. The van der Waals surface area contributed by atoms with Crippen molar-refractivity contribution in [2.45, 2.75) is 32.7 Å². The van der Waals surface area contributed by atoms with E-state index in [2.05, 4.69) is 38.0 Å². The Morgan fingerprint density at radius 1 is 1.11 bits per heavy atom. The number of methoxy groups -OCH3 is 1. The van der Waals surface area contributed by atoms with Gasteiger partial charge in [0, 0.05) is 5.56 Å². The lowest BCUT2D eigenvalue weighted by molar-refractivity contribution is 0.0695. The molecule has 0 aliphatic rings. The summed E-state index contributed by atoms with van der Waals surface area (Å²) < 4.78 is 6.77. The minimum absolute atomic E-state index is 0.0771. The fourth-order valence-electron chi connectivity index (χ4n) is 2.96. The topological polar surface area (TPSA) is 76.4 Å². The van der Waals surface area contributed by atoms with Crippen molar-refractivity contribution in [2.24, 2.45) is 0 Å². The molecule has 2 aromatic carbocycles. The van der Waals surface area contributed by atoms with Crippen molar-refractivity contribution in [3.8, 4) is 17.0 Å². The van der Waals surface area contributed by atoms with E-state index in [1.54, 1.807) is 23.3 Å². The number of hydrogen-bond donors (Lipinski definition) is 2. The Hall–Kier alpha value is -3.12. The number of hydroxylamine groups is 1. The molecule has 0 saturated heterocycles. The first-order valence-corrected chi connectivity index (χ1v) is 9.08. The van der Waals surface area contributed by atoms with Crippen LogP contribution < -0.4 is 10.2 Å². The van der Waals surface area contributed by atoms with Gasteiger partial charge in [0.1, 0.15) is 11.4 Å². The summed E-state index contributed by atoms with van der Waals surface area (Å²) >= 11 is 0.